The summed E-state index contributed by atoms with van der Waals surface area (Å²) in [4.78, 5) is 12.9. The topological polar surface area (TPSA) is 66.6 Å². The highest BCUT2D eigenvalue weighted by Gasteiger charge is 2.24. The first-order valence-electron chi connectivity index (χ1n) is 6.78. The van der Waals surface area contributed by atoms with Crippen molar-refractivity contribution in [2.45, 2.75) is 32.8 Å². The van der Waals surface area contributed by atoms with Crippen molar-refractivity contribution in [1.29, 1.82) is 0 Å². The van der Waals surface area contributed by atoms with Gasteiger partial charge in [0.05, 0.1) is 11.5 Å². The highest BCUT2D eigenvalue weighted by Crippen LogP contribution is 2.33. The second-order valence-electron chi connectivity index (χ2n) is 5.10. The molecule has 0 aliphatic carbocycles. The molecule has 1 aromatic carbocycles. The Hall–Kier alpha value is -1.62. The first kappa shape index (κ1) is 13.8. The van der Waals surface area contributed by atoms with E-state index in [0.29, 0.717) is 17.2 Å². The number of nitrogens with zero attached hydrogens (tertiary/aromatic N) is 2. The molecule has 1 saturated heterocycles. The first-order chi connectivity index (χ1) is 9.15. The van der Waals surface area contributed by atoms with Crippen LogP contribution in [0.25, 0.3) is 0 Å². The fourth-order valence-electron chi connectivity index (χ4n) is 2.70. The third kappa shape index (κ3) is 3.04. The maximum Gasteiger partial charge on any atom is 0.292 e. The minimum atomic E-state index is -0.357. The van der Waals surface area contributed by atoms with E-state index in [-0.39, 0.29) is 17.2 Å². The molecule has 0 aromatic heterocycles. The molecule has 2 rings (SSSR count). The minimum absolute atomic E-state index is 0.100. The van der Waals surface area contributed by atoms with Gasteiger partial charge in [-0.25, -0.2) is 0 Å². The van der Waals surface area contributed by atoms with Gasteiger partial charge in [-0.2, -0.15) is 0 Å². The Bertz CT molecular complexity index is 462. The fourth-order valence-corrected chi connectivity index (χ4v) is 2.70. The quantitative estimate of drug-likeness (QED) is 0.670. The summed E-state index contributed by atoms with van der Waals surface area (Å²) in [5.74, 6) is 0.617. The van der Waals surface area contributed by atoms with Gasteiger partial charge in [0.1, 0.15) is 5.69 Å². The van der Waals surface area contributed by atoms with Crippen LogP contribution < -0.4 is 4.90 Å². The summed E-state index contributed by atoms with van der Waals surface area (Å²) in [5, 5.41) is 20.3. The van der Waals surface area contributed by atoms with E-state index in [0.717, 1.165) is 25.9 Å². The monoisotopic (exact) mass is 264 g/mol. The Labute approximate surface area is 113 Å². The molecule has 1 atom stereocenters. The molecule has 0 amide bonds. The van der Waals surface area contributed by atoms with Gasteiger partial charge < -0.3 is 10.0 Å². The average Bonchev–Trinajstić information content (AvgIpc) is 2.46. The van der Waals surface area contributed by atoms with Gasteiger partial charge in [0.25, 0.3) is 5.69 Å². The molecule has 1 aliphatic heterocycles. The Morgan fingerprint density at radius 2 is 2.32 bits per heavy atom. The summed E-state index contributed by atoms with van der Waals surface area (Å²) in [5.41, 5.74) is 1.36. The summed E-state index contributed by atoms with van der Waals surface area (Å²) < 4.78 is 0. The van der Waals surface area contributed by atoms with Crippen LogP contribution in [0, 0.1) is 16.0 Å². The van der Waals surface area contributed by atoms with Gasteiger partial charge in [-0.1, -0.05) is 19.4 Å². The van der Waals surface area contributed by atoms with Crippen LogP contribution in [-0.2, 0) is 6.61 Å². The second kappa shape index (κ2) is 6.02. The van der Waals surface area contributed by atoms with Crippen molar-refractivity contribution in [2.75, 3.05) is 18.0 Å². The number of aliphatic hydroxyl groups excluding tert-OH is 1. The molecule has 1 unspecified atom stereocenters. The minimum Gasteiger partial charge on any atom is -0.392 e. The third-order valence-electron chi connectivity index (χ3n) is 3.86. The Kier molecular flexibility index (Phi) is 4.37. The van der Waals surface area contributed by atoms with E-state index in [1.54, 1.807) is 12.1 Å². The second-order valence-corrected chi connectivity index (χ2v) is 5.10. The number of anilines is 1. The summed E-state index contributed by atoms with van der Waals surface area (Å²) in [6.07, 6.45) is 3.39. The van der Waals surface area contributed by atoms with Crippen LogP contribution in [0.2, 0.25) is 0 Å². The lowest BCUT2D eigenvalue weighted by Crippen LogP contribution is -2.35. The molecule has 1 aromatic rings. The van der Waals surface area contributed by atoms with Crippen molar-refractivity contribution in [1.82, 2.24) is 0 Å². The summed E-state index contributed by atoms with van der Waals surface area (Å²) in [7, 11) is 0. The zero-order valence-electron chi connectivity index (χ0n) is 11.2. The third-order valence-corrected chi connectivity index (χ3v) is 3.86. The summed E-state index contributed by atoms with van der Waals surface area (Å²) >= 11 is 0. The maximum atomic E-state index is 11.2. The van der Waals surface area contributed by atoms with Crippen LogP contribution in [-0.4, -0.2) is 23.1 Å². The number of aliphatic hydroxyl groups is 1. The van der Waals surface area contributed by atoms with E-state index in [1.807, 2.05) is 0 Å². The lowest BCUT2D eigenvalue weighted by Gasteiger charge is -2.33. The normalized spacial score (nSPS) is 19.5. The van der Waals surface area contributed by atoms with Gasteiger partial charge in [-0.05, 0) is 30.4 Å². The molecule has 1 fully saturated rings. The zero-order valence-corrected chi connectivity index (χ0v) is 11.2. The number of rotatable bonds is 4. The molecular formula is C14H20N2O3. The molecule has 104 valence electrons. The van der Waals surface area contributed by atoms with Crippen molar-refractivity contribution in [2.24, 2.45) is 5.92 Å². The molecule has 1 aliphatic rings. The SMILES string of the molecule is CCC1CCCN(c2ccc(CO)cc2[N+](=O)[O-])C1. The van der Waals surface area contributed by atoms with Gasteiger partial charge in [-0.15, -0.1) is 0 Å². The molecular weight excluding hydrogens is 244 g/mol. The molecule has 1 heterocycles. The zero-order chi connectivity index (χ0) is 13.8. The van der Waals surface area contributed by atoms with Crippen LogP contribution in [0.4, 0.5) is 11.4 Å². The predicted molar refractivity (Wildman–Crippen MR) is 74.2 cm³/mol. The van der Waals surface area contributed by atoms with Crippen LogP contribution in [0.1, 0.15) is 31.7 Å². The highest BCUT2D eigenvalue weighted by molar-refractivity contribution is 5.64. The first-order valence-corrected chi connectivity index (χ1v) is 6.78. The number of nitro benzene ring substituents is 1. The standard InChI is InChI=1S/C14H20N2O3/c1-2-11-4-3-7-15(9-11)13-6-5-12(10-17)8-14(13)16(18)19/h5-6,8,11,17H,2-4,7,9-10H2,1H3. The van der Waals surface area contributed by atoms with Gasteiger partial charge in [0, 0.05) is 19.2 Å². The van der Waals surface area contributed by atoms with Gasteiger partial charge in [0.2, 0.25) is 0 Å². The smallest absolute Gasteiger partial charge is 0.292 e. The number of nitro groups is 1. The van der Waals surface area contributed by atoms with Gasteiger partial charge in [-0.3, -0.25) is 10.1 Å². The van der Waals surface area contributed by atoms with E-state index in [9.17, 15) is 10.1 Å². The summed E-state index contributed by atoms with van der Waals surface area (Å²) in [6.45, 7) is 3.75. The summed E-state index contributed by atoms with van der Waals surface area (Å²) in [6, 6.07) is 5.00. The van der Waals surface area contributed by atoms with Crippen molar-refractivity contribution in [3.05, 3.63) is 33.9 Å². The molecule has 1 N–H and O–H groups in total. The Morgan fingerprint density at radius 1 is 1.53 bits per heavy atom. The lowest BCUT2D eigenvalue weighted by atomic mass is 9.95. The molecule has 19 heavy (non-hydrogen) atoms. The van der Waals surface area contributed by atoms with Crippen molar-refractivity contribution < 1.29 is 10.0 Å². The molecule has 0 bridgehead atoms. The molecule has 0 saturated carbocycles. The highest BCUT2D eigenvalue weighted by atomic mass is 16.6. The van der Waals surface area contributed by atoms with E-state index >= 15 is 0 Å². The van der Waals surface area contributed by atoms with Gasteiger partial charge in [0.15, 0.2) is 0 Å². The Morgan fingerprint density at radius 3 is 2.95 bits per heavy atom. The van der Waals surface area contributed by atoms with Gasteiger partial charge >= 0.3 is 0 Å². The van der Waals surface area contributed by atoms with E-state index in [4.69, 9.17) is 5.11 Å². The molecule has 0 spiro atoms. The predicted octanol–water partition coefficient (Wildman–Crippen LogP) is 2.71. The number of piperidine rings is 1. The molecule has 5 heteroatoms. The van der Waals surface area contributed by atoms with Crippen molar-refractivity contribution in [3.63, 3.8) is 0 Å². The van der Waals surface area contributed by atoms with E-state index in [2.05, 4.69) is 11.8 Å². The molecule has 5 nitrogen and oxygen atoms in total. The van der Waals surface area contributed by atoms with Crippen LogP contribution in [0.5, 0.6) is 0 Å². The number of hydrogen-bond acceptors (Lipinski definition) is 4. The van der Waals surface area contributed by atoms with E-state index < -0.39 is 0 Å². The van der Waals surface area contributed by atoms with Crippen molar-refractivity contribution >= 4 is 11.4 Å². The van der Waals surface area contributed by atoms with E-state index in [1.165, 1.54) is 12.5 Å². The molecule has 0 radical (unpaired) electrons. The lowest BCUT2D eigenvalue weighted by molar-refractivity contribution is -0.384. The number of benzene rings is 1. The average molecular weight is 264 g/mol. The fraction of sp³-hybridized carbons (Fsp3) is 0.571. The Balaban J connectivity index is 2.30. The van der Waals surface area contributed by atoms with Crippen LogP contribution >= 0.6 is 0 Å². The number of hydrogen-bond donors (Lipinski definition) is 1. The maximum absolute atomic E-state index is 11.2. The van der Waals surface area contributed by atoms with Crippen LogP contribution in [0.3, 0.4) is 0 Å². The van der Waals surface area contributed by atoms with Crippen molar-refractivity contribution in [3.8, 4) is 0 Å². The van der Waals surface area contributed by atoms with Crippen LogP contribution in [0.15, 0.2) is 18.2 Å². The largest absolute Gasteiger partial charge is 0.392 e.